The van der Waals surface area contributed by atoms with E-state index in [2.05, 4.69) is 0 Å². The van der Waals surface area contributed by atoms with Crippen LogP contribution in [0.15, 0.2) is 24.3 Å². The van der Waals surface area contributed by atoms with Crippen LogP contribution in [0.3, 0.4) is 0 Å². The third kappa shape index (κ3) is 1.45. The second kappa shape index (κ2) is 4.58. The fourth-order valence-corrected chi connectivity index (χ4v) is 5.41. The molecule has 5 aliphatic rings. The average Bonchev–Trinajstić information content (AvgIpc) is 2.85. The van der Waals surface area contributed by atoms with E-state index in [-0.39, 0.29) is 35.8 Å². The molecule has 1 aromatic carbocycles. The van der Waals surface area contributed by atoms with E-state index in [1.807, 2.05) is 36.2 Å². The molecule has 0 radical (unpaired) electrons. The number of rotatable bonds is 1. The van der Waals surface area contributed by atoms with Gasteiger partial charge in [0.25, 0.3) is 5.91 Å². The summed E-state index contributed by atoms with van der Waals surface area (Å²) in [6.07, 6.45) is 0.953. The lowest BCUT2D eigenvalue weighted by Gasteiger charge is -2.38. The quantitative estimate of drug-likeness (QED) is 0.774. The van der Waals surface area contributed by atoms with Gasteiger partial charge in [-0.2, -0.15) is 5.06 Å². The molecule has 4 fully saturated rings. The summed E-state index contributed by atoms with van der Waals surface area (Å²) in [5, 5.41) is 1.40. The van der Waals surface area contributed by atoms with Gasteiger partial charge in [0.2, 0.25) is 5.91 Å². The first-order valence-corrected chi connectivity index (χ1v) is 8.46. The number of carbonyl (C=O) groups is 2. The number of carbonyl (C=O) groups excluding carboxylic acids is 2. The van der Waals surface area contributed by atoms with Crippen molar-refractivity contribution in [3.8, 4) is 0 Å². The molecule has 4 aliphatic heterocycles. The summed E-state index contributed by atoms with van der Waals surface area (Å²) in [6, 6.07) is 7.83. The number of hydrogen-bond acceptors (Lipinski definition) is 4. The number of amides is 2. The highest BCUT2D eigenvalue weighted by Crippen LogP contribution is 2.57. The van der Waals surface area contributed by atoms with Gasteiger partial charge < -0.3 is 9.64 Å². The molecule has 0 aromatic heterocycles. The van der Waals surface area contributed by atoms with Crippen LogP contribution in [0.4, 0.5) is 5.69 Å². The predicted molar refractivity (Wildman–Crippen MR) is 85.1 cm³/mol. The molecule has 4 heterocycles. The number of likely N-dealkylation sites (tertiary alicyclic amines) is 1. The Morgan fingerprint density at radius 3 is 2.88 bits per heavy atom. The normalized spacial score (nSPS) is 39.8. The monoisotopic (exact) mass is 328 g/mol. The smallest absolute Gasteiger partial charge is 0.264 e. The van der Waals surface area contributed by atoms with Gasteiger partial charge in [0, 0.05) is 24.9 Å². The first kappa shape index (κ1) is 14.4. The summed E-state index contributed by atoms with van der Waals surface area (Å²) in [4.78, 5) is 33.2. The van der Waals surface area contributed by atoms with Gasteiger partial charge in [0.05, 0.1) is 25.5 Å². The molecule has 6 rings (SSSR count). The number of benzene rings is 1. The summed E-state index contributed by atoms with van der Waals surface area (Å²) in [6.45, 7) is 0.556. The molecule has 3 saturated heterocycles. The van der Waals surface area contributed by atoms with Crippen LogP contribution in [-0.2, 0) is 24.6 Å². The Balaban J connectivity index is 1.71. The summed E-state index contributed by atoms with van der Waals surface area (Å²) >= 11 is 0. The number of anilines is 1. The van der Waals surface area contributed by atoms with Crippen LogP contribution in [-0.4, -0.2) is 49.6 Å². The number of fused-ring (bicyclic) bond motifs is 2. The van der Waals surface area contributed by atoms with E-state index in [4.69, 9.17) is 9.57 Å². The van der Waals surface area contributed by atoms with Gasteiger partial charge in [-0.05, 0) is 24.5 Å². The van der Waals surface area contributed by atoms with Crippen molar-refractivity contribution in [3.05, 3.63) is 29.8 Å². The van der Waals surface area contributed by atoms with Gasteiger partial charge in [-0.25, -0.2) is 0 Å². The SMILES string of the molecule is CON1C(=O)[C@@]2(C[C@H]3C4CO[C@@H]2C[C@H]4C(=O)N3C)c2ccccc21. The minimum absolute atomic E-state index is 0.0188. The lowest BCUT2D eigenvalue weighted by molar-refractivity contribution is -0.145. The maximum absolute atomic E-state index is 13.4. The molecule has 1 spiro atoms. The minimum atomic E-state index is -0.754. The van der Waals surface area contributed by atoms with E-state index in [0.717, 1.165) is 11.3 Å². The zero-order valence-corrected chi connectivity index (χ0v) is 13.8. The molecule has 2 amide bonds. The first-order chi connectivity index (χ1) is 11.6. The molecule has 6 heteroatoms. The van der Waals surface area contributed by atoms with E-state index >= 15 is 0 Å². The molecular weight excluding hydrogens is 308 g/mol. The molecule has 1 unspecified atom stereocenters. The fourth-order valence-electron chi connectivity index (χ4n) is 5.41. The number of para-hydroxylation sites is 1. The second-order valence-electron chi connectivity index (χ2n) is 7.32. The zero-order valence-electron chi connectivity index (χ0n) is 13.8. The van der Waals surface area contributed by atoms with E-state index in [1.165, 1.54) is 12.2 Å². The maximum atomic E-state index is 13.4. The summed E-state index contributed by atoms with van der Waals surface area (Å²) < 4.78 is 6.16. The summed E-state index contributed by atoms with van der Waals surface area (Å²) in [5.41, 5.74) is 1.01. The largest absolute Gasteiger partial charge is 0.376 e. The maximum Gasteiger partial charge on any atom is 0.264 e. The standard InChI is InChI=1S/C18H20N2O4/c1-19-14-8-18(15-7-10(16(19)21)11(14)9-24-15)12-5-3-4-6-13(12)20(23-2)17(18)22/h3-6,10-11,14-15H,7-9H2,1-2H3/t10-,11?,14+,15-,18+/m1/s1. The van der Waals surface area contributed by atoms with Crippen molar-refractivity contribution in [1.29, 1.82) is 0 Å². The van der Waals surface area contributed by atoms with Gasteiger partial charge in [-0.1, -0.05) is 18.2 Å². The van der Waals surface area contributed by atoms with Crippen molar-refractivity contribution in [1.82, 2.24) is 4.90 Å². The van der Waals surface area contributed by atoms with Crippen LogP contribution in [0, 0.1) is 11.8 Å². The molecule has 6 nitrogen and oxygen atoms in total. The molecule has 5 atom stereocenters. The lowest BCUT2D eigenvalue weighted by Crippen LogP contribution is -2.53. The van der Waals surface area contributed by atoms with Gasteiger partial charge in [0.15, 0.2) is 0 Å². The Hall–Kier alpha value is -1.92. The number of nitrogens with zero attached hydrogens (tertiary/aromatic N) is 2. The van der Waals surface area contributed by atoms with E-state index in [9.17, 15) is 9.59 Å². The van der Waals surface area contributed by atoms with Crippen molar-refractivity contribution >= 4 is 17.5 Å². The highest BCUT2D eigenvalue weighted by atomic mass is 16.7. The highest BCUT2D eigenvalue weighted by molar-refractivity contribution is 6.07. The Kier molecular flexibility index (Phi) is 2.75. The van der Waals surface area contributed by atoms with Crippen molar-refractivity contribution in [2.45, 2.75) is 30.4 Å². The molecule has 0 N–H and O–H groups in total. The summed E-state index contributed by atoms with van der Waals surface area (Å²) in [5.74, 6) is 0.310. The molecule has 4 bridgehead atoms. The molecule has 1 aliphatic carbocycles. The van der Waals surface area contributed by atoms with Crippen LogP contribution in [0.25, 0.3) is 0 Å². The van der Waals surface area contributed by atoms with Crippen molar-refractivity contribution in [2.75, 3.05) is 25.8 Å². The molecule has 1 saturated carbocycles. The fraction of sp³-hybridized carbons (Fsp3) is 0.556. The molecule has 126 valence electrons. The number of ether oxygens (including phenoxy) is 1. The molecule has 1 aromatic rings. The molecule has 24 heavy (non-hydrogen) atoms. The van der Waals surface area contributed by atoms with Gasteiger partial charge >= 0.3 is 0 Å². The molecular formula is C18H20N2O4. The topological polar surface area (TPSA) is 59.1 Å². The van der Waals surface area contributed by atoms with Crippen LogP contribution in [0.1, 0.15) is 18.4 Å². The number of hydroxylamine groups is 1. The third-order valence-corrected chi connectivity index (χ3v) is 6.56. The second-order valence-corrected chi connectivity index (χ2v) is 7.32. The van der Waals surface area contributed by atoms with Crippen LogP contribution in [0.5, 0.6) is 0 Å². The first-order valence-electron chi connectivity index (χ1n) is 8.46. The van der Waals surface area contributed by atoms with Gasteiger partial charge in [-0.15, -0.1) is 0 Å². The van der Waals surface area contributed by atoms with Gasteiger partial charge in [0.1, 0.15) is 5.41 Å². The van der Waals surface area contributed by atoms with Crippen LogP contribution < -0.4 is 5.06 Å². The highest BCUT2D eigenvalue weighted by Gasteiger charge is 2.66. The van der Waals surface area contributed by atoms with Crippen LogP contribution >= 0.6 is 0 Å². The van der Waals surface area contributed by atoms with Crippen LogP contribution in [0.2, 0.25) is 0 Å². The Morgan fingerprint density at radius 1 is 1.29 bits per heavy atom. The van der Waals surface area contributed by atoms with Crippen molar-refractivity contribution in [3.63, 3.8) is 0 Å². The Morgan fingerprint density at radius 2 is 2.08 bits per heavy atom. The minimum Gasteiger partial charge on any atom is -0.376 e. The summed E-state index contributed by atoms with van der Waals surface area (Å²) in [7, 11) is 3.38. The van der Waals surface area contributed by atoms with Gasteiger partial charge in [-0.3, -0.25) is 14.4 Å². The zero-order chi connectivity index (χ0) is 16.6. The Labute approximate surface area is 140 Å². The van der Waals surface area contributed by atoms with Crippen molar-refractivity contribution in [2.24, 2.45) is 11.8 Å². The average molecular weight is 328 g/mol. The lowest BCUT2D eigenvalue weighted by atomic mass is 9.71. The third-order valence-electron chi connectivity index (χ3n) is 6.56. The van der Waals surface area contributed by atoms with E-state index in [0.29, 0.717) is 19.4 Å². The van der Waals surface area contributed by atoms with Crippen molar-refractivity contribution < 1.29 is 19.2 Å². The van der Waals surface area contributed by atoms with E-state index < -0.39 is 5.41 Å². The number of hydrogen-bond donors (Lipinski definition) is 0. The Bertz CT molecular complexity index is 750. The predicted octanol–water partition coefficient (Wildman–Crippen LogP) is 1.10. The van der Waals surface area contributed by atoms with E-state index in [1.54, 1.807) is 0 Å².